The molecule has 0 bridgehead atoms. The molecule has 0 radical (unpaired) electrons. The fourth-order valence-corrected chi connectivity index (χ4v) is 4.80. The number of nitrogens with zero attached hydrogens (tertiary/aromatic N) is 2. The number of halogens is 2. The van der Waals surface area contributed by atoms with Gasteiger partial charge in [0.15, 0.2) is 9.84 Å². The lowest BCUT2D eigenvalue weighted by atomic mass is 10.1. The second-order valence-corrected chi connectivity index (χ2v) is 10.4. The summed E-state index contributed by atoms with van der Waals surface area (Å²) in [4.78, 5) is 6.70. The molecule has 0 unspecified atom stereocenters. The first-order chi connectivity index (χ1) is 10.7. The zero-order valence-corrected chi connectivity index (χ0v) is 16.2. The summed E-state index contributed by atoms with van der Waals surface area (Å²) < 4.78 is 24.9. The van der Waals surface area contributed by atoms with Crippen LogP contribution in [0.3, 0.4) is 0 Å². The van der Waals surface area contributed by atoms with Crippen molar-refractivity contribution in [2.24, 2.45) is 0 Å². The van der Waals surface area contributed by atoms with E-state index < -0.39 is 14.6 Å². The maximum Gasteiger partial charge on any atom is 0.157 e. The van der Waals surface area contributed by atoms with E-state index in [9.17, 15) is 8.42 Å². The molecule has 0 aliphatic carbocycles. The smallest absolute Gasteiger partial charge is 0.157 e. The van der Waals surface area contributed by atoms with E-state index in [1.165, 1.54) is 0 Å². The second kappa shape index (κ2) is 5.90. The van der Waals surface area contributed by atoms with Crippen molar-refractivity contribution in [1.29, 1.82) is 0 Å². The van der Waals surface area contributed by atoms with Crippen LogP contribution in [0.4, 0.5) is 5.82 Å². The Morgan fingerprint density at radius 2 is 1.96 bits per heavy atom. The van der Waals surface area contributed by atoms with Gasteiger partial charge in [-0.15, -0.1) is 0 Å². The third kappa shape index (κ3) is 3.08. The molecule has 0 atom stereocenters. The first-order valence-electron chi connectivity index (χ1n) is 7.43. The third-order valence-electron chi connectivity index (χ3n) is 4.52. The first-order valence-corrected chi connectivity index (χ1v) is 10.3. The van der Waals surface area contributed by atoms with Crippen LogP contribution in [0.15, 0.2) is 28.7 Å². The summed E-state index contributed by atoms with van der Waals surface area (Å²) in [6.07, 6.45) is 0.585. The highest BCUT2D eigenvalue weighted by Crippen LogP contribution is 2.32. The molecule has 1 aromatic carbocycles. The van der Waals surface area contributed by atoms with Crippen molar-refractivity contribution >= 4 is 54.1 Å². The van der Waals surface area contributed by atoms with Gasteiger partial charge in [0.05, 0.1) is 21.0 Å². The molecule has 124 valence electrons. The van der Waals surface area contributed by atoms with Gasteiger partial charge in [0, 0.05) is 22.9 Å². The van der Waals surface area contributed by atoms with Crippen molar-refractivity contribution < 1.29 is 8.42 Å². The summed E-state index contributed by atoms with van der Waals surface area (Å²) in [7, 11) is -3.10. The summed E-state index contributed by atoms with van der Waals surface area (Å²) in [5.41, 5.74) is 0.727. The standard InChI is InChI=1S/C16H18BrClN2O2S/c1-16(2)7-8-20(9-10-23(16,21)22)14-6-3-11-12(17)4-5-13(18)15(11)19-14/h3-6H,7-10H2,1-2H3. The summed E-state index contributed by atoms with van der Waals surface area (Å²) in [6.45, 7) is 4.72. The highest BCUT2D eigenvalue weighted by atomic mass is 79.9. The van der Waals surface area contributed by atoms with Crippen LogP contribution in [0.5, 0.6) is 0 Å². The lowest BCUT2D eigenvalue weighted by molar-refractivity contribution is 0.538. The molecule has 0 amide bonds. The van der Waals surface area contributed by atoms with Crippen molar-refractivity contribution in [2.45, 2.75) is 25.0 Å². The SMILES string of the molecule is CC1(C)CCN(c2ccc3c(Br)ccc(Cl)c3n2)CCS1(=O)=O. The molecule has 0 N–H and O–H groups in total. The normalized spacial score (nSPS) is 20.4. The average Bonchev–Trinajstić information content (AvgIpc) is 2.60. The zero-order valence-electron chi connectivity index (χ0n) is 13.0. The molecule has 0 saturated carbocycles. The Kier molecular flexibility index (Phi) is 4.36. The third-order valence-corrected chi connectivity index (χ3v) is 8.12. The Bertz CT molecular complexity index is 868. The molecule has 0 spiro atoms. The molecule has 1 aliphatic heterocycles. The molecule has 7 heteroatoms. The Balaban J connectivity index is 2.00. The summed E-state index contributed by atoms with van der Waals surface area (Å²) in [5, 5.41) is 1.54. The van der Waals surface area contributed by atoms with Gasteiger partial charge in [0.1, 0.15) is 5.82 Å². The molecule has 1 aliphatic rings. The zero-order chi connectivity index (χ0) is 16.8. The predicted molar refractivity (Wildman–Crippen MR) is 99.1 cm³/mol. The second-order valence-electron chi connectivity index (χ2n) is 6.41. The highest BCUT2D eigenvalue weighted by Gasteiger charge is 2.37. The minimum Gasteiger partial charge on any atom is -0.356 e. The van der Waals surface area contributed by atoms with Crippen LogP contribution >= 0.6 is 27.5 Å². The van der Waals surface area contributed by atoms with Crippen LogP contribution in [0.25, 0.3) is 10.9 Å². The Hall–Kier alpha value is -0.850. The van der Waals surface area contributed by atoms with Crippen molar-refractivity contribution in [3.05, 3.63) is 33.8 Å². The van der Waals surface area contributed by atoms with Crippen molar-refractivity contribution in [2.75, 3.05) is 23.7 Å². The number of aromatic nitrogens is 1. The van der Waals surface area contributed by atoms with E-state index in [0.29, 0.717) is 24.5 Å². The van der Waals surface area contributed by atoms with Gasteiger partial charge in [-0.05, 0) is 44.5 Å². The molecule has 23 heavy (non-hydrogen) atoms. The quantitative estimate of drug-likeness (QED) is 0.702. The molecule has 1 saturated heterocycles. The number of rotatable bonds is 1. The van der Waals surface area contributed by atoms with Crippen LogP contribution in [0.1, 0.15) is 20.3 Å². The molecular weight excluding hydrogens is 400 g/mol. The number of anilines is 1. The average molecular weight is 418 g/mol. The first kappa shape index (κ1) is 17.0. The lowest BCUT2D eigenvalue weighted by Crippen LogP contribution is -2.33. The van der Waals surface area contributed by atoms with E-state index in [2.05, 4.69) is 20.9 Å². The topological polar surface area (TPSA) is 50.3 Å². The molecule has 2 heterocycles. The molecule has 1 aromatic heterocycles. The summed E-state index contributed by atoms with van der Waals surface area (Å²) in [6, 6.07) is 7.60. The molecule has 2 aromatic rings. The van der Waals surface area contributed by atoms with Gasteiger partial charge in [-0.25, -0.2) is 13.4 Å². The van der Waals surface area contributed by atoms with Crippen LogP contribution < -0.4 is 4.90 Å². The monoisotopic (exact) mass is 416 g/mol. The number of benzene rings is 1. The van der Waals surface area contributed by atoms with Gasteiger partial charge in [0.2, 0.25) is 0 Å². The predicted octanol–water partition coefficient (Wildman–Crippen LogP) is 4.05. The Labute approximate surface area is 149 Å². The molecule has 1 fully saturated rings. The summed E-state index contributed by atoms with van der Waals surface area (Å²) >= 11 is 9.77. The summed E-state index contributed by atoms with van der Waals surface area (Å²) in [5.74, 6) is 0.914. The fraction of sp³-hybridized carbons (Fsp3) is 0.438. The number of pyridine rings is 1. The minimum absolute atomic E-state index is 0.145. The van der Waals surface area contributed by atoms with Gasteiger partial charge in [-0.3, -0.25) is 0 Å². The number of hydrogen-bond acceptors (Lipinski definition) is 4. The van der Waals surface area contributed by atoms with Crippen LogP contribution in [-0.2, 0) is 9.84 Å². The maximum atomic E-state index is 12.3. The van der Waals surface area contributed by atoms with E-state index >= 15 is 0 Å². The van der Waals surface area contributed by atoms with Gasteiger partial charge in [-0.1, -0.05) is 27.5 Å². The Morgan fingerprint density at radius 3 is 2.70 bits per heavy atom. The number of sulfone groups is 1. The van der Waals surface area contributed by atoms with Gasteiger partial charge >= 0.3 is 0 Å². The molecular formula is C16H18BrClN2O2S. The van der Waals surface area contributed by atoms with Crippen molar-refractivity contribution in [3.8, 4) is 0 Å². The van der Waals surface area contributed by atoms with Crippen LogP contribution in [-0.4, -0.2) is 37.0 Å². The molecule has 3 rings (SSSR count). The number of hydrogen-bond donors (Lipinski definition) is 0. The van der Waals surface area contributed by atoms with E-state index in [-0.39, 0.29) is 5.75 Å². The van der Waals surface area contributed by atoms with Crippen molar-refractivity contribution in [3.63, 3.8) is 0 Å². The maximum absolute atomic E-state index is 12.3. The van der Waals surface area contributed by atoms with Gasteiger partial charge in [-0.2, -0.15) is 0 Å². The van der Waals surface area contributed by atoms with Gasteiger partial charge in [0.25, 0.3) is 0 Å². The van der Waals surface area contributed by atoms with E-state index in [1.54, 1.807) is 19.9 Å². The molecule has 4 nitrogen and oxygen atoms in total. The highest BCUT2D eigenvalue weighted by molar-refractivity contribution is 9.10. The van der Waals surface area contributed by atoms with Crippen molar-refractivity contribution in [1.82, 2.24) is 4.98 Å². The Morgan fingerprint density at radius 1 is 1.22 bits per heavy atom. The number of fused-ring (bicyclic) bond motifs is 1. The van der Waals surface area contributed by atoms with Gasteiger partial charge < -0.3 is 4.90 Å². The lowest BCUT2D eigenvalue weighted by Gasteiger charge is -2.23. The van der Waals surface area contributed by atoms with E-state index in [4.69, 9.17) is 11.6 Å². The van der Waals surface area contributed by atoms with Crippen LogP contribution in [0, 0.1) is 0 Å². The van der Waals surface area contributed by atoms with Crippen LogP contribution in [0.2, 0.25) is 5.02 Å². The minimum atomic E-state index is -3.10. The van der Waals surface area contributed by atoms with E-state index in [1.807, 2.05) is 23.1 Å². The van der Waals surface area contributed by atoms with E-state index in [0.717, 1.165) is 21.2 Å². The largest absolute Gasteiger partial charge is 0.356 e. The fourth-order valence-electron chi connectivity index (χ4n) is 2.72.